The molecule has 1 aromatic carbocycles. The number of β-amino-alcohol motifs (C(OH)–C–C–N with tert-alkyl or cyclic N) is 1. The quantitative estimate of drug-likeness (QED) is 0.313. The van der Waals surface area contributed by atoms with Crippen molar-refractivity contribution >= 4 is 34.0 Å². The number of aromatic nitrogens is 5. The largest absolute Gasteiger partial charge is 0.480 e. The molecule has 0 radical (unpaired) electrons. The van der Waals surface area contributed by atoms with E-state index >= 15 is 0 Å². The molecular formula is C26H19ClF4N6O4. The number of anilines is 1. The molecule has 10 nitrogen and oxygen atoms in total. The predicted octanol–water partition coefficient (Wildman–Crippen LogP) is 3.33. The molecule has 1 saturated heterocycles. The lowest BCUT2D eigenvalue weighted by atomic mass is 10.1. The van der Waals surface area contributed by atoms with Crippen LogP contribution >= 0.6 is 11.6 Å². The van der Waals surface area contributed by atoms with Crippen LogP contribution in [-0.4, -0.2) is 60.8 Å². The summed E-state index contributed by atoms with van der Waals surface area (Å²) in [6, 6.07) is 7.02. The number of ether oxygens (including phenoxy) is 1. The molecule has 0 amide bonds. The summed E-state index contributed by atoms with van der Waals surface area (Å²) >= 11 is 6.03. The molecule has 4 aromatic heterocycles. The van der Waals surface area contributed by atoms with Crippen molar-refractivity contribution in [2.45, 2.75) is 18.4 Å². The molecule has 0 bridgehead atoms. The maximum absolute atomic E-state index is 14.1. The third kappa shape index (κ3) is 4.21. The second kappa shape index (κ2) is 9.59. The van der Waals surface area contributed by atoms with E-state index in [0.717, 1.165) is 27.3 Å². The zero-order valence-electron chi connectivity index (χ0n) is 21.1. The Morgan fingerprint density at radius 3 is 2.59 bits per heavy atom. The highest BCUT2D eigenvalue weighted by Gasteiger charge is 2.44. The molecule has 5 heterocycles. The first-order valence-corrected chi connectivity index (χ1v) is 12.5. The molecule has 212 valence electrons. The number of hydrogen-bond acceptors (Lipinski definition) is 7. The van der Waals surface area contributed by atoms with Crippen LogP contribution in [0.15, 0.2) is 58.4 Å². The summed E-state index contributed by atoms with van der Waals surface area (Å²) in [5.74, 6) is -1.57. The summed E-state index contributed by atoms with van der Waals surface area (Å²) in [6.45, 7) is -0.459. The predicted molar refractivity (Wildman–Crippen MR) is 141 cm³/mol. The van der Waals surface area contributed by atoms with Gasteiger partial charge >= 0.3 is 5.69 Å². The van der Waals surface area contributed by atoms with Crippen LogP contribution in [0.5, 0.6) is 5.88 Å². The Kier molecular flexibility index (Phi) is 6.26. The lowest BCUT2D eigenvalue weighted by molar-refractivity contribution is -0.0800. The van der Waals surface area contributed by atoms with Crippen LogP contribution in [-0.2, 0) is 0 Å². The van der Waals surface area contributed by atoms with Crippen molar-refractivity contribution in [1.82, 2.24) is 23.5 Å². The molecule has 1 aliphatic heterocycles. The van der Waals surface area contributed by atoms with E-state index in [9.17, 15) is 32.3 Å². The van der Waals surface area contributed by atoms with Gasteiger partial charge in [0.05, 0.1) is 36.1 Å². The number of nitrogens with zero attached hydrogens (tertiary/aromatic N) is 6. The number of hydrogen-bond donors (Lipinski definition) is 1. The van der Waals surface area contributed by atoms with E-state index in [-0.39, 0.29) is 57.7 Å². The fraction of sp³-hybridized carbons (Fsp3) is 0.231. The molecule has 1 N–H and O–H groups in total. The fourth-order valence-electron chi connectivity index (χ4n) is 4.96. The number of fused-ring (bicyclic) bond motifs is 2. The standard InChI is InChI=1S/C26H19ClF4N6O4/c1-41-22-21-17(10-19(33-22)34-7-5-26(40,12-34)24(30)31)36(14-2-3-16(29)15(27)9-14)25(39)37(23(21)38)20-11-32-18-8-13(28)4-6-35(18)20/h2-4,6,8-11,24,40H,5,7,12H2,1H3. The Balaban J connectivity index is 1.69. The second-order valence-electron chi connectivity index (χ2n) is 9.51. The van der Waals surface area contributed by atoms with E-state index in [1.807, 2.05) is 0 Å². The first-order valence-electron chi connectivity index (χ1n) is 12.1. The number of rotatable bonds is 5. The summed E-state index contributed by atoms with van der Waals surface area (Å²) in [5.41, 5.74) is -3.95. The van der Waals surface area contributed by atoms with Crippen LogP contribution in [0.3, 0.4) is 0 Å². The normalized spacial score (nSPS) is 17.3. The highest BCUT2D eigenvalue weighted by atomic mass is 35.5. The topological polar surface area (TPSA) is 107 Å². The lowest BCUT2D eigenvalue weighted by Crippen LogP contribution is -2.41. The van der Waals surface area contributed by atoms with Crippen molar-refractivity contribution < 1.29 is 27.4 Å². The number of halogens is 5. The van der Waals surface area contributed by atoms with Gasteiger partial charge in [-0.15, -0.1) is 0 Å². The number of alkyl halides is 2. The average Bonchev–Trinajstić information content (AvgIpc) is 3.54. The van der Waals surface area contributed by atoms with Crippen LogP contribution in [0.2, 0.25) is 5.02 Å². The Hall–Kier alpha value is -4.43. The third-order valence-electron chi connectivity index (χ3n) is 7.04. The van der Waals surface area contributed by atoms with Crippen LogP contribution in [0.25, 0.3) is 28.1 Å². The Morgan fingerprint density at radius 2 is 1.90 bits per heavy atom. The van der Waals surface area contributed by atoms with Gasteiger partial charge in [0.2, 0.25) is 5.88 Å². The number of methoxy groups -OCH3 is 1. The first-order chi connectivity index (χ1) is 19.5. The molecule has 1 atom stereocenters. The highest BCUT2D eigenvalue weighted by molar-refractivity contribution is 6.30. The number of pyridine rings is 2. The van der Waals surface area contributed by atoms with Gasteiger partial charge in [0.25, 0.3) is 12.0 Å². The zero-order chi connectivity index (χ0) is 29.2. The van der Waals surface area contributed by atoms with Crippen molar-refractivity contribution in [1.29, 1.82) is 0 Å². The smallest absolute Gasteiger partial charge is 0.342 e. The van der Waals surface area contributed by atoms with Crippen molar-refractivity contribution in [2.24, 2.45) is 0 Å². The van der Waals surface area contributed by atoms with Gasteiger partial charge < -0.3 is 14.7 Å². The van der Waals surface area contributed by atoms with Gasteiger partial charge in [0, 0.05) is 31.3 Å². The highest BCUT2D eigenvalue weighted by Crippen LogP contribution is 2.34. The van der Waals surface area contributed by atoms with Gasteiger partial charge in [-0.05, 0) is 24.3 Å². The minimum Gasteiger partial charge on any atom is -0.480 e. The van der Waals surface area contributed by atoms with E-state index in [1.54, 1.807) is 0 Å². The number of benzene rings is 1. The molecule has 6 rings (SSSR count). The molecule has 1 aliphatic rings. The van der Waals surface area contributed by atoms with E-state index in [4.69, 9.17) is 16.3 Å². The SMILES string of the molecule is COc1nc(N2CCC(O)(C(F)F)C2)cc2c1c(=O)n(-c1cnc3cc(F)ccn13)c(=O)n2-c1ccc(F)c(Cl)c1. The third-order valence-corrected chi connectivity index (χ3v) is 7.33. The van der Waals surface area contributed by atoms with Crippen LogP contribution in [0.4, 0.5) is 23.4 Å². The summed E-state index contributed by atoms with van der Waals surface area (Å²) in [5, 5.41) is 9.83. The molecule has 41 heavy (non-hydrogen) atoms. The van der Waals surface area contributed by atoms with Gasteiger partial charge in [-0.2, -0.15) is 4.98 Å². The van der Waals surface area contributed by atoms with Gasteiger partial charge in [-0.25, -0.2) is 31.9 Å². The number of imidazole rings is 1. The Bertz CT molecular complexity index is 1980. The van der Waals surface area contributed by atoms with Crippen LogP contribution in [0, 0.1) is 11.6 Å². The van der Waals surface area contributed by atoms with Crippen molar-refractivity contribution in [3.63, 3.8) is 0 Å². The molecule has 1 unspecified atom stereocenters. The van der Waals surface area contributed by atoms with E-state index in [1.165, 1.54) is 47.0 Å². The fourth-order valence-corrected chi connectivity index (χ4v) is 5.13. The zero-order valence-corrected chi connectivity index (χ0v) is 21.8. The minimum atomic E-state index is -3.01. The molecule has 15 heteroatoms. The Labute approximate surface area is 232 Å². The van der Waals surface area contributed by atoms with Gasteiger partial charge in [0.15, 0.2) is 0 Å². The van der Waals surface area contributed by atoms with E-state index < -0.39 is 41.5 Å². The van der Waals surface area contributed by atoms with E-state index in [0.29, 0.717) is 0 Å². The minimum absolute atomic E-state index is 0.00451. The summed E-state index contributed by atoms with van der Waals surface area (Å²) in [6.07, 6.45) is -0.766. The number of aliphatic hydroxyl groups is 1. The van der Waals surface area contributed by atoms with Crippen LogP contribution < -0.4 is 20.9 Å². The van der Waals surface area contributed by atoms with Gasteiger partial charge in [-0.3, -0.25) is 13.8 Å². The van der Waals surface area contributed by atoms with Gasteiger partial charge in [0.1, 0.15) is 39.9 Å². The van der Waals surface area contributed by atoms with Crippen molar-refractivity contribution in [3.8, 4) is 17.4 Å². The molecule has 0 saturated carbocycles. The molecule has 5 aromatic rings. The summed E-state index contributed by atoms with van der Waals surface area (Å²) < 4.78 is 63.5. The molecule has 1 fully saturated rings. The molecule has 0 spiro atoms. The molecular weight excluding hydrogens is 572 g/mol. The second-order valence-corrected chi connectivity index (χ2v) is 9.91. The lowest BCUT2D eigenvalue weighted by Gasteiger charge is -2.24. The first kappa shape index (κ1) is 26.8. The Morgan fingerprint density at radius 1 is 1.12 bits per heavy atom. The molecule has 0 aliphatic carbocycles. The summed E-state index contributed by atoms with van der Waals surface area (Å²) in [4.78, 5) is 37.8. The van der Waals surface area contributed by atoms with E-state index in [2.05, 4.69) is 9.97 Å². The maximum atomic E-state index is 14.1. The maximum Gasteiger partial charge on any atom is 0.342 e. The van der Waals surface area contributed by atoms with Crippen LogP contribution in [0.1, 0.15) is 6.42 Å². The van der Waals surface area contributed by atoms with Gasteiger partial charge in [-0.1, -0.05) is 11.6 Å². The average molecular weight is 591 g/mol. The summed E-state index contributed by atoms with van der Waals surface area (Å²) in [7, 11) is 1.23. The van der Waals surface area contributed by atoms with Crippen molar-refractivity contribution in [2.75, 3.05) is 25.1 Å². The van der Waals surface area contributed by atoms with Crippen molar-refractivity contribution in [3.05, 3.63) is 86.3 Å². The monoisotopic (exact) mass is 590 g/mol.